The van der Waals surface area contributed by atoms with Gasteiger partial charge in [0.25, 0.3) is 5.91 Å². The largest absolute Gasteiger partial charge is 0.396 e. The molecule has 3 N–H and O–H groups in total. The molecule has 1 aliphatic heterocycles. The van der Waals surface area contributed by atoms with Gasteiger partial charge in [0.05, 0.1) is 17.8 Å². The molecule has 2 rings (SSSR count). The van der Waals surface area contributed by atoms with Gasteiger partial charge in [-0.25, -0.2) is 0 Å². The number of rotatable bonds is 3. The monoisotopic (exact) mass is 238 g/mol. The first-order valence-electron chi connectivity index (χ1n) is 5.77. The molecule has 0 aromatic carbocycles. The van der Waals surface area contributed by atoms with Crippen LogP contribution in [0.5, 0.6) is 0 Å². The average molecular weight is 238 g/mol. The summed E-state index contributed by atoms with van der Waals surface area (Å²) in [5.74, 6) is -0.234. The summed E-state index contributed by atoms with van der Waals surface area (Å²) in [4.78, 5) is 12.0. The van der Waals surface area contributed by atoms with Crippen LogP contribution >= 0.6 is 0 Å². The molecule has 94 valence electrons. The van der Waals surface area contributed by atoms with Crippen molar-refractivity contribution >= 4 is 11.6 Å². The van der Waals surface area contributed by atoms with Crippen molar-refractivity contribution in [2.45, 2.75) is 32.4 Å². The number of carbonyl (C=O) groups excluding carboxylic acids is 1. The molecule has 2 heterocycles. The van der Waals surface area contributed by atoms with Gasteiger partial charge in [0.15, 0.2) is 5.69 Å². The predicted octanol–water partition coefficient (Wildman–Crippen LogP) is 0.394. The summed E-state index contributed by atoms with van der Waals surface area (Å²) in [6, 6.07) is 0. The van der Waals surface area contributed by atoms with E-state index >= 15 is 0 Å². The lowest BCUT2D eigenvalue weighted by Crippen LogP contribution is -2.46. The van der Waals surface area contributed by atoms with Crippen molar-refractivity contribution in [2.24, 2.45) is 0 Å². The zero-order chi connectivity index (χ0) is 12.5. The number of aryl methyl sites for hydroxylation is 1. The fourth-order valence-corrected chi connectivity index (χ4v) is 1.87. The molecular formula is C11H18N4O2. The number of aromatic nitrogens is 2. The molecule has 1 amide bonds. The van der Waals surface area contributed by atoms with E-state index in [9.17, 15) is 4.79 Å². The fourth-order valence-electron chi connectivity index (χ4n) is 1.87. The zero-order valence-corrected chi connectivity index (χ0v) is 10.2. The fraction of sp³-hybridized carbons (Fsp3) is 0.636. The van der Waals surface area contributed by atoms with Gasteiger partial charge < -0.3 is 15.8 Å². The molecule has 1 saturated heterocycles. The van der Waals surface area contributed by atoms with E-state index in [1.54, 1.807) is 10.9 Å². The first-order valence-corrected chi connectivity index (χ1v) is 5.77. The van der Waals surface area contributed by atoms with Gasteiger partial charge in [0.1, 0.15) is 0 Å². The first-order chi connectivity index (χ1) is 8.04. The molecule has 0 aliphatic carbocycles. The topological polar surface area (TPSA) is 82.2 Å². The molecule has 6 nitrogen and oxygen atoms in total. The van der Waals surface area contributed by atoms with E-state index in [1.807, 2.05) is 13.8 Å². The zero-order valence-electron chi connectivity index (χ0n) is 10.2. The number of nitrogens with two attached hydrogens (primary N) is 1. The lowest BCUT2D eigenvalue weighted by molar-refractivity contribution is 0.0885. The summed E-state index contributed by atoms with van der Waals surface area (Å²) < 4.78 is 6.93. The molecule has 17 heavy (non-hydrogen) atoms. The van der Waals surface area contributed by atoms with Crippen LogP contribution in [0.25, 0.3) is 0 Å². The van der Waals surface area contributed by atoms with Crippen molar-refractivity contribution in [1.82, 2.24) is 15.1 Å². The molecule has 0 saturated carbocycles. The molecule has 0 spiro atoms. The molecule has 6 heteroatoms. The predicted molar refractivity (Wildman–Crippen MR) is 63.6 cm³/mol. The number of hydrogen-bond donors (Lipinski definition) is 2. The Morgan fingerprint density at radius 2 is 2.53 bits per heavy atom. The third-order valence-electron chi connectivity index (χ3n) is 2.96. The third-order valence-corrected chi connectivity index (χ3v) is 2.96. The maximum atomic E-state index is 12.0. The van der Waals surface area contributed by atoms with E-state index in [-0.39, 0.29) is 11.4 Å². The maximum absolute atomic E-state index is 12.0. The van der Waals surface area contributed by atoms with E-state index in [2.05, 4.69) is 10.4 Å². The van der Waals surface area contributed by atoms with E-state index < -0.39 is 0 Å². The van der Waals surface area contributed by atoms with Crippen LogP contribution in [-0.4, -0.2) is 34.4 Å². The Hall–Kier alpha value is -1.56. The van der Waals surface area contributed by atoms with Crippen molar-refractivity contribution in [3.05, 3.63) is 11.9 Å². The molecule has 1 aliphatic rings. The second kappa shape index (κ2) is 4.37. The molecule has 0 bridgehead atoms. The summed E-state index contributed by atoms with van der Waals surface area (Å²) in [7, 11) is 0. The van der Waals surface area contributed by atoms with Crippen LogP contribution in [-0.2, 0) is 11.3 Å². The number of nitrogens with one attached hydrogen (secondary N) is 1. The minimum atomic E-state index is -0.306. The third kappa shape index (κ3) is 2.41. The molecule has 1 aromatic rings. The van der Waals surface area contributed by atoms with Crippen LogP contribution in [0, 0.1) is 0 Å². The number of nitrogens with zero attached hydrogens (tertiary/aromatic N) is 2. The van der Waals surface area contributed by atoms with Crippen molar-refractivity contribution in [3.8, 4) is 0 Å². The van der Waals surface area contributed by atoms with Crippen LogP contribution < -0.4 is 11.1 Å². The highest BCUT2D eigenvalue weighted by molar-refractivity contribution is 5.97. The van der Waals surface area contributed by atoms with Gasteiger partial charge in [-0.15, -0.1) is 0 Å². The van der Waals surface area contributed by atoms with Crippen molar-refractivity contribution in [3.63, 3.8) is 0 Å². The highest BCUT2D eigenvalue weighted by atomic mass is 16.5. The SMILES string of the molecule is CCn1cc(N)c(C(=O)NC2(C)CCOC2)n1. The lowest BCUT2D eigenvalue weighted by atomic mass is 10.0. The summed E-state index contributed by atoms with van der Waals surface area (Å²) in [6.45, 7) is 5.81. The average Bonchev–Trinajstić information content (AvgIpc) is 2.85. The first kappa shape index (κ1) is 11.9. The highest BCUT2D eigenvalue weighted by Crippen LogP contribution is 2.19. The number of anilines is 1. The van der Waals surface area contributed by atoms with Gasteiger partial charge in [0, 0.05) is 19.3 Å². The Labute approximate surface area is 100 Å². The normalized spacial score (nSPS) is 23.9. The van der Waals surface area contributed by atoms with Gasteiger partial charge in [-0.1, -0.05) is 0 Å². The number of amides is 1. The summed E-state index contributed by atoms with van der Waals surface area (Å²) in [6.07, 6.45) is 2.48. The minimum absolute atomic E-state index is 0.234. The Bertz CT molecular complexity index is 421. The Kier molecular flexibility index (Phi) is 3.06. The van der Waals surface area contributed by atoms with Gasteiger partial charge >= 0.3 is 0 Å². The smallest absolute Gasteiger partial charge is 0.274 e. The Morgan fingerprint density at radius 3 is 3.06 bits per heavy atom. The van der Waals surface area contributed by atoms with Gasteiger partial charge in [-0.3, -0.25) is 9.48 Å². The number of carbonyl (C=O) groups is 1. The quantitative estimate of drug-likeness (QED) is 0.798. The second-order valence-electron chi connectivity index (χ2n) is 4.61. The van der Waals surface area contributed by atoms with Crippen LogP contribution in [0.1, 0.15) is 30.8 Å². The number of nitrogen functional groups attached to an aromatic ring is 1. The molecule has 1 atom stereocenters. The molecule has 1 unspecified atom stereocenters. The minimum Gasteiger partial charge on any atom is -0.396 e. The van der Waals surface area contributed by atoms with Crippen LogP contribution in [0.2, 0.25) is 0 Å². The summed E-state index contributed by atoms with van der Waals surface area (Å²) in [5, 5.41) is 7.07. The van der Waals surface area contributed by atoms with Gasteiger partial charge in [-0.2, -0.15) is 5.10 Å². The second-order valence-corrected chi connectivity index (χ2v) is 4.61. The Balaban J connectivity index is 2.11. The van der Waals surface area contributed by atoms with E-state index in [1.165, 1.54) is 0 Å². The van der Waals surface area contributed by atoms with Crippen molar-refractivity contribution in [1.29, 1.82) is 0 Å². The van der Waals surface area contributed by atoms with E-state index in [4.69, 9.17) is 10.5 Å². The molecule has 0 radical (unpaired) electrons. The molecular weight excluding hydrogens is 220 g/mol. The van der Waals surface area contributed by atoms with Crippen LogP contribution in [0.15, 0.2) is 6.20 Å². The van der Waals surface area contributed by atoms with Gasteiger partial charge in [0.2, 0.25) is 0 Å². The maximum Gasteiger partial charge on any atom is 0.274 e. The summed E-state index contributed by atoms with van der Waals surface area (Å²) >= 11 is 0. The highest BCUT2D eigenvalue weighted by Gasteiger charge is 2.32. The van der Waals surface area contributed by atoms with Crippen LogP contribution in [0.4, 0.5) is 5.69 Å². The Morgan fingerprint density at radius 1 is 1.76 bits per heavy atom. The van der Waals surface area contributed by atoms with E-state index in [0.717, 1.165) is 6.42 Å². The number of hydrogen-bond acceptors (Lipinski definition) is 4. The van der Waals surface area contributed by atoms with Crippen molar-refractivity contribution in [2.75, 3.05) is 18.9 Å². The summed E-state index contributed by atoms with van der Waals surface area (Å²) in [5.41, 5.74) is 6.15. The van der Waals surface area contributed by atoms with Gasteiger partial charge in [-0.05, 0) is 20.3 Å². The van der Waals surface area contributed by atoms with E-state index in [0.29, 0.717) is 31.1 Å². The molecule has 1 aromatic heterocycles. The number of ether oxygens (including phenoxy) is 1. The lowest BCUT2D eigenvalue weighted by Gasteiger charge is -2.22. The van der Waals surface area contributed by atoms with Crippen molar-refractivity contribution < 1.29 is 9.53 Å². The molecule has 1 fully saturated rings. The van der Waals surface area contributed by atoms with Crippen LogP contribution in [0.3, 0.4) is 0 Å². The standard InChI is InChI=1S/C11H18N4O2/c1-3-15-6-8(12)9(14-15)10(16)13-11(2)4-5-17-7-11/h6H,3-5,7,12H2,1-2H3,(H,13,16).